The number of allylic oxidation sites excluding steroid dienone is 2. The average molecular weight is 481 g/mol. The minimum atomic E-state index is -0.550. The summed E-state index contributed by atoms with van der Waals surface area (Å²) in [5.74, 6) is 12.4. The number of ether oxygens (including phenoxy) is 2. The van der Waals surface area contributed by atoms with Crippen LogP contribution < -0.4 is 0 Å². The molecule has 35 heavy (non-hydrogen) atoms. The lowest BCUT2D eigenvalue weighted by Crippen LogP contribution is -2.29. The highest BCUT2D eigenvalue weighted by atomic mass is 16.5. The summed E-state index contributed by atoms with van der Waals surface area (Å²) in [5, 5.41) is 0. The molecule has 0 fully saturated rings. The van der Waals surface area contributed by atoms with Crippen LogP contribution in [0.2, 0.25) is 0 Å². The van der Waals surface area contributed by atoms with Crippen LogP contribution in [0.5, 0.6) is 0 Å². The molecule has 192 valence electrons. The molecule has 0 radical (unpaired) electrons. The third-order valence-electron chi connectivity index (χ3n) is 6.07. The molecule has 2 unspecified atom stereocenters. The van der Waals surface area contributed by atoms with Crippen LogP contribution in [0.4, 0.5) is 0 Å². The smallest absolute Gasteiger partial charge is 0.312 e. The largest absolute Gasteiger partial charge is 0.444 e. The van der Waals surface area contributed by atoms with Crippen molar-refractivity contribution in [1.29, 1.82) is 0 Å². The zero-order chi connectivity index (χ0) is 25.9. The van der Waals surface area contributed by atoms with Crippen molar-refractivity contribution in [2.75, 3.05) is 0 Å². The van der Waals surface area contributed by atoms with E-state index in [0.717, 1.165) is 56.1 Å². The molecular formula is C31H44O4. The van der Waals surface area contributed by atoms with Crippen LogP contribution in [0.15, 0.2) is 23.3 Å². The number of rotatable bonds is 6. The molecule has 0 N–H and O–H groups in total. The van der Waals surface area contributed by atoms with Crippen molar-refractivity contribution in [2.24, 2.45) is 10.8 Å². The van der Waals surface area contributed by atoms with Crippen LogP contribution in [0, 0.1) is 34.5 Å². The number of carbonyl (C=O) groups is 2. The molecule has 0 aromatic heterocycles. The van der Waals surface area contributed by atoms with E-state index in [0.29, 0.717) is 12.8 Å². The minimum absolute atomic E-state index is 0.220. The Labute approximate surface area is 213 Å². The van der Waals surface area contributed by atoms with Crippen LogP contribution in [0.3, 0.4) is 0 Å². The first-order valence-corrected chi connectivity index (χ1v) is 13.3. The molecule has 0 saturated heterocycles. The van der Waals surface area contributed by atoms with Gasteiger partial charge in [0.2, 0.25) is 0 Å². The van der Waals surface area contributed by atoms with E-state index in [1.165, 1.54) is 12.8 Å². The Bertz CT molecular complexity index is 839. The van der Waals surface area contributed by atoms with Crippen LogP contribution in [0.1, 0.15) is 112 Å². The van der Waals surface area contributed by atoms with E-state index >= 15 is 0 Å². The van der Waals surface area contributed by atoms with Gasteiger partial charge in [-0.25, -0.2) is 0 Å². The topological polar surface area (TPSA) is 52.6 Å². The Kier molecular flexibility index (Phi) is 11.2. The molecule has 0 aliphatic heterocycles. The Hall–Kier alpha value is -2.46. The number of hydrogen-bond donors (Lipinski definition) is 0. The van der Waals surface area contributed by atoms with Crippen LogP contribution >= 0.6 is 0 Å². The summed E-state index contributed by atoms with van der Waals surface area (Å²) < 4.78 is 11.6. The second-order valence-corrected chi connectivity index (χ2v) is 11.6. The van der Waals surface area contributed by atoms with Crippen LogP contribution in [-0.2, 0) is 19.1 Å². The summed E-state index contributed by atoms with van der Waals surface area (Å²) in [5.41, 5.74) is 1.16. The lowest BCUT2D eigenvalue weighted by Gasteiger charge is -2.23. The van der Waals surface area contributed by atoms with E-state index in [2.05, 4.69) is 35.8 Å². The number of esters is 2. The molecule has 2 aliphatic rings. The molecule has 0 amide bonds. The summed E-state index contributed by atoms with van der Waals surface area (Å²) in [6.45, 7) is 11.2. The molecule has 0 spiro atoms. The fraction of sp³-hybridized carbons (Fsp3) is 0.677. The van der Waals surface area contributed by atoms with Gasteiger partial charge in [0.05, 0.1) is 10.8 Å². The molecule has 0 aromatic carbocycles. The van der Waals surface area contributed by atoms with Crippen molar-refractivity contribution in [1.82, 2.24) is 0 Å². The van der Waals surface area contributed by atoms with Gasteiger partial charge in [0.15, 0.2) is 12.2 Å². The first-order valence-electron chi connectivity index (χ1n) is 13.3. The average Bonchev–Trinajstić information content (AvgIpc) is 2.81. The van der Waals surface area contributed by atoms with Crippen molar-refractivity contribution in [2.45, 2.75) is 124 Å². The highest BCUT2D eigenvalue weighted by Crippen LogP contribution is 2.26. The van der Waals surface area contributed by atoms with Gasteiger partial charge >= 0.3 is 11.9 Å². The zero-order valence-electron chi connectivity index (χ0n) is 22.7. The molecule has 2 rings (SSSR count). The molecule has 2 atom stereocenters. The third kappa shape index (κ3) is 10.4. The van der Waals surface area contributed by atoms with Gasteiger partial charge in [-0.15, -0.1) is 0 Å². The Morgan fingerprint density at radius 3 is 1.46 bits per heavy atom. The maximum absolute atomic E-state index is 12.4. The lowest BCUT2D eigenvalue weighted by atomic mass is 9.94. The summed E-state index contributed by atoms with van der Waals surface area (Å²) in [6, 6.07) is 0. The molecule has 4 nitrogen and oxygen atoms in total. The Morgan fingerprint density at radius 1 is 0.743 bits per heavy atom. The van der Waals surface area contributed by atoms with Gasteiger partial charge in [-0.05, 0) is 110 Å². The van der Waals surface area contributed by atoms with E-state index in [1.807, 2.05) is 41.5 Å². The van der Waals surface area contributed by atoms with Gasteiger partial charge in [-0.2, -0.15) is 0 Å². The van der Waals surface area contributed by atoms with E-state index in [-0.39, 0.29) is 11.9 Å². The fourth-order valence-electron chi connectivity index (χ4n) is 3.76. The zero-order valence-corrected chi connectivity index (χ0v) is 22.7. The van der Waals surface area contributed by atoms with Gasteiger partial charge in [-0.1, -0.05) is 35.8 Å². The van der Waals surface area contributed by atoms with Crippen molar-refractivity contribution < 1.29 is 19.1 Å². The predicted octanol–water partition coefficient (Wildman–Crippen LogP) is 7.08. The second kappa shape index (κ2) is 13.6. The first kappa shape index (κ1) is 28.8. The van der Waals surface area contributed by atoms with Crippen LogP contribution in [0.25, 0.3) is 0 Å². The normalized spacial score (nSPS) is 17.9. The summed E-state index contributed by atoms with van der Waals surface area (Å²) in [6.07, 6.45) is 14.2. The summed E-state index contributed by atoms with van der Waals surface area (Å²) in [4.78, 5) is 24.9. The van der Waals surface area contributed by atoms with Crippen LogP contribution in [-0.4, -0.2) is 24.1 Å². The third-order valence-corrected chi connectivity index (χ3v) is 6.07. The second-order valence-electron chi connectivity index (χ2n) is 11.6. The monoisotopic (exact) mass is 480 g/mol. The fourth-order valence-corrected chi connectivity index (χ4v) is 3.76. The molecule has 4 heteroatoms. The Morgan fingerprint density at radius 2 is 1.14 bits per heavy atom. The highest BCUT2D eigenvalue weighted by Gasteiger charge is 2.28. The van der Waals surface area contributed by atoms with E-state index < -0.39 is 23.0 Å². The molecule has 0 bridgehead atoms. The lowest BCUT2D eigenvalue weighted by molar-refractivity contribution is -0.155. The van der Waals surface area contributed by atoms with Crippen molar-refractivity contribution >= 4 is 11.9 Å². The molecule has 2 aliphatic carbocycles. The number of carbonyl (C=O) groups excluding carboxylic acids is 2. The van der Waals surface area contributed by atoms with Gasteiger partial charge in [0, 0.05) is 12.8 Å². The van der Waals surface area contributed by atoms with E-state index in [9.17, 15) is 9.59 Å². The van der Waals surface area contributed by atoms with E-state index in [4.69, 9.17) is 9.47 Å². The highest BCUT2D eigenvalue weighted by molar-refractivity contribution is 5.76. The predicted molar refractivity (Wildman–Crippen MR) is 141 cm³/mol. The molecule has 0 saturated carbocycles. The maximum atomic E-state index is 12.4. The Balaban J connectivity index is 1.96. The van der Waals surface area contributed by atoms with Gasteiger partial charge in [-0.3, -0.25) is 9.59 Å². The molecule has 0 aromatic rings. The number of hydrogen-bond acceptors (Lipinski definition) is 4. The van der Waals surface area contributed by atoms with E-state index in [1.54, 1.807) is 0 Å². The summed E-state index contributed by atoms with van der Waals surface area (Å²) in [7, 11) is 0. The van der Waals surface area contributed by atoms with Gasteiger partial charge in [0.25, 0.3) is 0 Å². The first-order chi connectivity index (χ1) is 16.5. The minimum Gasteiger partial charge on any atom is -0.444 e. The van der Waals surface area contributed by atoms with Crippen molar-refractivity contribution in [3.8, 4) is 23.7 Å². The number of unbranched alkanes of at least 4 members (excludes halogenated alkanes) is 2. The summed E-state index contributed by atoms with van der Waals surface area (Å²) >= 11 is 0. The van der Waals surface area contributed by atoms with Gasteiger partial charge in [0.1, 0.15) is 0 Å². The standard InChI is InChI=1S/C31H44O4/c1-30(2,3)28(32)34-26(24-18-12-10-13-19-24)22-16-8-7-9-17-23-27(25-20-14-11-15-21-25)35-29(33)31(4,5)6/h18,20,26-27H,7-15,19,21H2,1-6H3. The van der Waals surface area contributed by atoms with Gasteiger partial charge < -0.3 is 9.47 Å². The van der Waals surface area contributed by atoms with Crippen molar-refractivity contribution in [3.05, 3.63) is 23.3 Å². The molecular weight excluding hydrogens is 436 g/mol. The maximum Gasteiger partial charge on any atom is 0.312 e. The molecule has 0 heterocycles. The SMILES string of the molecule is CC(C)(C)C(=O)OC(C#CCCCC#CC(OC(=O)C(C)(C)C)C1=CCCCC1)C1=CCCCC1. The quantitative estimate of drug-likeness (QED) is 0.176. The van der Waals surface area contributed by atoms with Crippen molar-refractivity contribution in [3.63, 3.8) is 0 Å².